The van der Waals surface area contributed by atoms with Crippen LogP contribution in [0, 0.1) is 6.92 Å². The van der Waals surface area contributed by atoms with E-state index in [1.165, 1.54) is 18.1 Å². The summed E-state index contributed by atoms with van der Waals surface area (Å²) in [4.78, 5) is 36.6. The van der Waals surface area contributed by atoms with E-state index >= 15 is 0 Å². The third-order valence-electron chi connectivity index (χ3n) is 5.51. The molecule has 0 spiro atoms. The van der Waals surface area contributed by atoms with Crippen LogP contribution in [-0.4, -0.2) is 31.0 Å². The van der Waals surface area contributed by atoms with Gasteiger partial charge < -0.3 is 5.32 Å². The molecular weight excluding hydrogens is 466 g/mol. The molecule has 1 N–H and O–H groups in total. The van der Waals surface area contributed by atoms with E-state index in [0.29, 0.717) is 5.69 Å². The number of thioether (sulfide) groups is 1. The molecule has 0 fully saturated rings. The van der Waals surface area contributed by atoms with Crippen LogP contribution in [-0.2, 0) is 11.8 Å². The summed E-state index contributed by atoms with van der Waals surface area (Å²) in [7, 11) is 1.80. The number of aromatic nitrogens is 4. The molecule has 170 valence electrons. The molecule has 0 atom stereocenters. The van der Waals surface area contributed by atoms with Gasteiger partial charge in [0.2, 0.25) is 5.91 Å². The van der Waals surface area contributed by atoms with E-state index in [9.17, 15) is 9.59 Å². The smallest absolute Gasteiger partial charge is 0.295 e. The van der Waals surface area contributed by atoms with Crippen LogP contribution in [0.2, 0.25) is 0 Å². The lowest BCUT2D eigenvalue weighted by Crippen LogP contribution is -2.23. The molecule has 0 saturated heterocycles. The molecule has 34 heavy (non-hydrogen) atoms. The molecule has 3 aromatic heterocycles. The summed E-state index contributed by atoms with van der Waals surface area (Å²) in [6, 6.07) is 21.5. The maximum absolute atomic E-state index is 13.0. The Balaban J connectivity index is 1.35. The van der Waals surface area contributed by atoms with E-state index in [1.807, 2.05) is 55.5 Å². The van der Waals surface area contributed by atoms with Crippen LogP contribution >= 0.6 is 23.1 Å². The van der Waals surface area contributed by atoms with Crippen molar-refractivity contribution in [2.24, 2.45) is 7.05 Å². The van der Waals surface area contributed by atoms with E-state index in [-0.39, 0.29) is 22.9 Å². The van der Waals surface area contributed by atoms with Crippen LogP contribution in [0.4, 0.5) is 5.69 Å². The van der Waals surface area contributed by atoms with Gasteiger partial charge in [-0.05, 0) is 30.7 Å². The number of nitrogens with zero attached hydrogens (tertiary/aromatic N) is 4. The molecule has 0 saturated carbocycles. The predicted octanol–water partition coefficient (Wildman–Crippen LogP) is 4.89. The number of hydrogen-bond donors (Lipinski definition) is 1. The number of rotatable bonds is 6. The average molecular weight is 488 g/mol. The first-order chi connectivity index (χ1) is 16.5. The monoisotopic (exact) mass is 487 g/mol. The fraction of sp³-hybridized carbons (Fsp3) is 0.120. The summed E-state index contributed by atoms with van der Waals surface area (Å²) >= 11 is 2.93. The van der Waals surface area contributed by atoms with Crippen LogP contribution < -0.4 is 10.9 Å². The van der Waals surface area contributed by atoms with Crippen LogP contribution in [0.25, 0.3) is 26.3 Å². The molecule has 0 aliphatic carbocycles. The highest BCUT2D eigenvalue weighted by atomic mass is 32.2. The Bertz CT molecular complexity index is 1540. The van der Waals surface area contributed by atoms with Gasteiger partial charge in [0, 0.05) is 17.3 Å². The summed E-state index contributed by atoms with van der Waals surface area (Å²) in [5.74, 6) is -0.136. The van der Waals surface area contributed by atoms with Crippen molar-refractivity contribution in [3.8, 4) is 16.1 Å². The molecule has 5 aromatic rings. The highest BCUT2D eigenvalue weighted by Crippen LogP contribution is 2.36. The molecule has 0 radical (unpaired) electrons. The lowest BCUT2D eigenvalue weighted by molar-refractivity contribution is -0.113. The van der Waals surface area contributed by atoms with Gasteiger partial charge >= 0.3 is 0 Å². The summed E-state index contributed by atoms with van der Waals surface area (Å²) in [6.45, 7) is 1.81. The van der Waals surface area contributed by atoms with Crippen molar-refractivity contribution in [3.63, 3.8) is 0 Å². The third kappa shape index (κ3) is 4.15. The number of benzene rings is 2. The Morgan fingerprint density at radius 3 is 2.50 bits per heavy atom. The number of thiophene rings is 1. The number of para-hydroxylation sites is 1. The van der Waals surface area contributed by atoms with E-state index in [2.05, 4.69) is 33.5 Å². The van der Waals surface area contributed by atoms with Crippen molar-refractivity contribution in [2.45, 2.75) is 11.9 Å². The van der Waals surface area contributed by atoms with Crippen molar-refractivity contribution < 1.29 is 4.79 Å². The molecule has 1 amide bonds. The Morgan fingerprint density at radius 2 is 1.76 bits per heavy atom. The summed E-state index contributed by atoms with van der Waals surface area (Å²) in [5.41, 5.74) is 2.56. The van der Waals surface area contributed by atoms with E-state index in [0.717, 1.165) is 31.4 Å². The fourth-order valence-electron chi connectivity index (χ4n) is 3.72. The molecule has 0 bridgehead atoms. The first kappa shape index (κ1) is 22.1. The molecule has 3 heterocycles. The van der Waals surface area contributed by atoms with Gasteiger partial charge in [-0.2, -0.15) is 0 Å². The lowest BCUT2D eigenvalue weighted by Gasteiger charge is -2.07. The highest BCUT2D eigenvalue weighted by Gasteiger charge is 2.19. The second kappa shape index (κ2) is 9.28. The van der Waals surface area contributed by atoms with Crippen molar-refractivity contribution in [3.05, 3.63) is 89.1 Å². The Labute approximate surface area is 204 Å². The second-order valence-corrected chi connectivity index (χ2v) is 9.64. The Kier molecular flexibility index (Phi) is 6.04. The summed E-state index contributed by atoms with van der Waals surface area (Å²) in [5, 5.41) is 4.47. The second-order valence-electron chi connectivity index (χ2n) is 7.65. The van der Waals surface area contributed by atoms with E-state index in [1.54, 1.807) is 27.7 Å². The first-order valence-electron chi connectivity index (χ1n) is 10.6. The maximum atomic E-state index is 13.0. The predicted molar refractivity (Wildman–Crippen MR) is 138 cm³/mol. The molecule has 0 unspecified atom stereocenters. The minimum Gasteiger partial charge on any atom is -0.319 e. The highest BCUT2D eigenvalue weighted by molar-refractivity contribution is 8.00. The molecule has 2 aromatic carbocycles. The summed E-state index contributed by atoms with van der Waals surface area (Å²) < 4.78 is 3.29. The average Bonchev–Trinajstić information content (AvgIpc) is 3.39. The molecule has 9 heteroatoms. The Hall–Kier alpha value is -3.69. The van der Waals surface area contributed by atoms with Crippen molar-refractivity contribution in [1.29, 1.82) is 0 Å². The van der Waals surface area contributed by atoms with Gasteiger partial charge in [-0.1, -0.05) is 60.3 Å². The van der Waals surface area contributed by atoms with Gasteiger partial charge in [0.25, 0.3) is 5.56 Å². The number of anilines is 1. The third-order valence-corrected chi connectivity index (χ3v) is 7.61. The van der Waals surface area contributed by atoms with E-state index in [4.69, 9.17) is 0 Å². The molecule has 0 aliphatic rings. The Morgan fingerprint density at radius 1 is 1.06 bits per heavy atom. The molecule has 0 aliphatic heterocycles. The van der Waals surface area contributed by atoms with Gasteiger partial charge in [0.05, 0.1) is 17.1 Å². The van der Waals surface area contributed by atoms with Gasteiger partial charge in [0.15, 0.2) is 0 Å². The van der Waals surface area contributed by atoms with Gasteiger partial charge in [-0.15, -0.1) is 11.3 Å². The number of amides is 1. The quantitative estimate of drug-likeness (QED) is 0.273. The van der Waals surface area contributed by atoms with E-state index < -0.39 is 0 Å². The molecule has 5 rings (SSSR count). The number of hydrogen-bond acceptors (Lipinski definition) is 6. The topological polar surface area (TPSA) is 81.8 Å². The normalized spacial score (nSPS) is 11.1. The van der Waals surface area contributed by atoms with Crippen LogP contribution in [0.1, 0.15) is 5.69 Å². The molecular formula is C25H21N5O2S2. The van der Waals surface area contributed by atoms with Gasteiger partial charge in [0.1, 0.15) is 21.9 Å². The van der Waals surface area contributed by atoms with Crippen molar-refractivity contribution in [2.75, 3.05) is 11.1 Å². The SMILES string of the molecule is Cc1c(NC(=O)CSc2ncnc3sc(-c4ccccc4)cc23)c(=O)n(-c2ccccc2)n1C. The molecule has 7 nitrogen and oxygen atoms in total. The number of nitrogens with one attached hydrogen (secondary N) is 1. The minimum absolute atomic E-state index is 0.127. The van der Waals surface area contributed by atoms with Crippen LogP contribution in [0.15, 0.2) is 82.9 Å². The number of carbonyl (C=O) groups is 1. The first-order valence-corrected chi connectivity index (χ1v) is 12.4. The van der Waals surface area contributed by atoms with Gasteiger partial charge in [-0.25, -0.2) is 14.6 Å². The van der Waals surface area contributed by atoms with Gasteiger partial charge in [-0.3, -0.25) is 14.3 Å². The number of fused-ring (bicyclic) bond motifs is 1. The van der Waals surface area contributed by atoms with Crippen molar-refractivity contribution in [1.82, 2.24) is 19.3 Å². The number of carbonyl (C=O) groups excluding carboxylic acids is 1. The maximum Gasteiger partial charge on any atom is 0.295 e. The minimum atomic E-state index is -0.265. The largest absolute Gasteiger partial charge is 0.319 e. The van der Waals surface area contributed by atoms with Crippen molar-refractivity contribution >= 4 is 44.9 Å². The van der Waals surface area contributed by atoms with Crippen LogP contribution in [0.3, 0.4) is 0 Å². The van der Waals surface area contributed by atoms with Crippen LogP contribution in [0.5, 0.6) is 0 Å². The fourth-order valence-corrected chi connectivity index (χ4v) is 5.56. The standard InChI is InChI=1S/C25H21N5O2S2/c1-16-22(25(32)30(29(16)2)18-11-7-4-8-12-18)28-21(31)14-33-23-19-13-20(17-9-5-3-6-10-17)34-24(19)27-15-26-23/h3-13,15H,14H2,1-2H3,(H,28,31). The zero-order valence-corrected chi connectivity index (χ0v) is 20.2. The zero-order chi connectivity index (χ0) is 23.7. The zero-order valence-electron chi connectivity index (χ0n) is 18.6. The summed E-state index contributed by atoms with van der Waals surface area (Å²) in [6.07, 6.45) is 1.52. The lowest BCUT2D eigenvalue weighted by atomic mass is 10.2.